The molecule has 38 heavy (non-hydrogen) atoms. The second-order valence-electron chi connectivity index (χ2n) is 9.23. The second-order valence-corrected chi connectivity index (χ2v) is 9.23. The number of amides is 2. The lowest BCUT2D eigenvalue weighted by Crippen LogP contribution is -2.52. The minimum absolute atomic E-state index is 0.0426. The third-order valence-corrected chi connectivity index (χ3v) is 5.37. The van der Waals surface area contributed by atoms with Gasteiger partial charge in [-0.25, -0.2) is 32.1 Å². The van der Waals surface area contributed by atoms with Crippen LogP contribution >= 0.6 is 0 Å². The number of carboxylic acid groups (broad SMARTS) is 1. The Morgan fingerprint density at radius 1 is 1.03 bits per heavy atom. The molecule has 2 aromatic carbocycles. The number of carbonyl (C=O) groups is 3. The van der Waals surface area contributed by atoms with E-state index in [-0.39, 0.29) is 36.3 Å². The summed E-state index contributed by atoms with van der Waals surface area (Å²) in [4.78, 5) is 42.2. The van der Waals surface area contributed by atoms with Crippen molar-refractivity contribution in [2.75, 3.05) is 13.6 Å². The van der Waals surface area contributed by atoms with Gasteiger partial charge < -0.3 is 19.5 Å². The van der Waals surface area contributed by atoms with Gasteiger partial charge in [0.1, 0.15) is 23.1 Å². The largest absolute Gasteiger partial charge is 0.529 e. The number of rotatable bonds is 6. The van der Waals surface area contributed by atoms with Crippen molar-refractivity contribution in [2.45, 2.75) is 32.8 Å². The maximum Gasteiger partial charge on any atom is 0.529 e. The van der Waals surface area contributed by atoms with Crippen molar-refractivity contribution in [3.8, 4) is 5.75 Å². The summed E-state index contributed by atoms with van der Waals surface area (Å²) in [6.07, 6.45) is 0.688. The first kappa shape index (κ1) is 28.3. The zero-order valence-corrected chi connectivity index (χ0v) is 20.8. The molecule has 0 bridgehead atoms. The molecule has 0 radical (unpaired) electrons. The standard InChI is InChI=1S/C25H23F4N3O6/c1-25(2,3)38-23(34)31(4)11-9-18-30-10-12-32(18,24(35)36)14-5-7-15(8-6-14)37-22(33)19-20(28)16(26)13-17(27)21(19)29/h5-8,10,12-13H,9,11H2,1-4H3/p+1. The van der Waals surface area contributed by atoms with Gasteiger partial charge in [-0.2, -0.15) is 4.79 Å². The highest BCUT2D eigenvalue weighted by molar-refractivity contribution is 6.11. The maximum absolute atomic E-state index is 13.9. The first-order valence-corrected chi connectivity index (χ1v) is 11.1. The lowest BCUT2D eigenvalue weighted by molar-refractivity contribution is 0.0302. The van der Waals surface area contributed by atoms with Gasteiger partial charge in [-0.3, -0.25) is 0 Å². The van der Waals surface area contributed by atoms with Crippen LogP contribution in [-0.2, 0) is 4.74 Å². The van der Waals surface area contributed by atoms with Crippen molar-refractivity contribution in [3.63, 3.8) is 0 Å². The molecule has 0 aliphatic carbocycles. The zero-order chi connectivity index (χ0) is 28.4. The van der Waals surface area contributed by atoms with Crippen molar-refractivity contribution >= 4 is 29.7 Å². The molecule has 1 heterocycles. The monoisotopic (exact) mass is 538 g/mol. The van der Waals surface area contributed by atoms with E-state index in [0.717, 1.165) is 12.1 Å². The SMILES string of the molecule is CN(CCC1=NC=C[N+]1(C(=O)O)c1ccc(OC(=O)c2c(F)c(F)cc(F)c2F)cc1)C(=O)OC(C)(C)C. The molecule has 202 valence electrons. The van der Waals surface area contributed by atoms with Gasteiger partial charge in [0.2, 0.25) is 5.84 Å². The molecule has 1 N–H and O–H groups in total. The van der Waals surface area contributed by atoms with Crippen molar-refractivity contribution in [1.82, 2.24) is 9.38 Å². The quantitative estimate of drug-likeness (QED) is 0.169. The number of halogens is 4. The summed E-state index contributed by atoms with van der Waals surface area (Å²) in [5.74, 6) is -9.20. The first-order chi connectivity index (χ1) is 17.7. The summed E-state index contributed by atoms with van der Waals surface area (Å²) < 4.78 is 63.9. The number of esters is 1. The van der Waals surface area contributed by atoms with E-state index in [1.165, 1.54) is 36.5 Å². The second kappa shape index (κ2) is 10.6. The highest BCUT2D eigenvalue weighted by Gasteiger charge is 2.46. The van der Waals surface area contributed by atoms with Crippen molar-refractivity contribution in [2.24, 2.45) is 4.99 Å². The van der Waals surface area contributed by atoms with E-state index < -0.39 is 57.1 Å². The van der Waals surface area contributed by atoms with Gasteiger partial charge in [0, 0.05) is 31.8 Å². The molecule has 0 saturated carbocycles. The molecular formula is C25H24F4N3O6+. The van der Waals surface area contributed by atoms with Crippen LogP contribution in [0.5, 0.6) is 5.75 Å². The fourth-order valence-corrected chi connectivity index (χ4v) is 3.52. The zero-order valence-electron chi connectivity index (χ0n) is 20.8. The Morgan fingerprint density at radius 3 is 2.13 bits per heavy atom. The van der Waals surface area contributed by atoms with Gasteiger partial charge in [-0.15, -0.1) is 4.48 Å². The summed E-state index contributed by atoms with van der Waals surface area (Å²) in [6, 6.07) is 4.76. The highest BCUT2D eigenvalue weighted by Crippen LogP contribution is 2.32. The molecule has 1 atom stereocenters. The van der Waals surface area contributed by atoms with E-state index in [2.05, 4.69) is 4.99 Å². The minimum atomic E-state index is -1.92. The third-order valence-electron chi connectivity index (χ3n) is 5.37. The molecule has 13 heteroatoms. The lowest BCUT2D eigenvalue weighted by Gasteiger charge is -2.28. The molecule has 0 spiro atoms. The maximum atomic E-state index is 13.9. The van der Waals surface area contributed by atoms with Gasteiger partial charge in [0.25, 0.3) is 0 Å². The Hall–Kier alpha value is -4.26. The summed E-state index contributed by atoms with van der Waals surface area (Å²) in [7, 11) is 1.49. The number of carbonyl (C=O) groups excluding carboxylic acids is 2. The smallest absolute Gasteiger partial charge is 0.444 e. The summed E-state index contributed by atoms with van der Waals surface area (Å²) in [5.41, 5.74) is -2.13. The molecule has 1 aliphatic heterocycles. The molecule has 1 aliphatic rings. The first-order valence-electron chi connectivity index (χ1n) is 11.1. The van der Waals surface area contributed by atoms with E-state index in [1.807, 2.05) is 0 Å². The van der Waals surface area contributed by atoms with E-state index in [4.69, 9.17) is 9.47 Å². The number of hydrogen-bond donors (Lipinski definition) is 1. The Labute approximate surface area is 214 Å². The van der Waals surface area contributed by atoms with Crippen LogP contribution in [0.4, 0.5) is 32.8 Å². The van der Waals surface area contributed by atoms with E-state index in [0.29, 0.717) is 0 Å². The van der Waals surface area contributed by atoms with Crippen LogP contribution in [0.15, 0.2) is 47.7 Å². The average Bonchev–Trinajstić information content (AvgIpc) is 3.26. The van der Waals surface area contributed by atoms with E-state index >= 15 is 0 Å². The third kappa shape index (κ3) is 5.67. The van der Waals surface area contributed by atoms with Crippen LogP contribution in [0.1, 0.15) is 37.6 Å². The molecule has 0 fully saturated rings. The Bertz CT molecular complexity index is 1310. The number of amidine groups is 1. The average molecular weight is 538 g/mol. The molecule has 1 unspecified atom stereocenters. The number of hydrogen-bond acceptors (Lipinski definition) is 6. The number of benzene rings is 2. The summed E-state index contributed by atoms with van der Waals surface area (Å²) in [5, 5.41) is 10.1. The van der Waals surface area contributed by atoms with Crippen molar-refractivity contribution in [3.05, 3.63) is 71.6 Å². The highest BCUT2D eigenvalue weighted by atomic mass is 19.2. The number of aliphatic imine (C=N–C) groups is 1. The van der Waals surface area contributed by atoms with Crippen LogP contribution < -0.4 is 9.22 Å². The predicted molar refractivity (Wildman–Crippen MR) is 128 cm³/mol. The van der Waals surface area contributed by atoms with E-state index in [1.54, 1.807) is 20.8 Å². The molecular weight excluding hydrogens is 514 g/mol. The number of quaternary nitrogens is 1. The molecule has 9 nitrogen and oxygen atoms in total. The molecule has 2 aromatic rings. The van der Waals surface area contributed by atoms with Gasteiger partial charge >= 0.3 is 18.2 Å². The van der Waals surface area contributed by atoms with Crippen molar-refractivity contribution < 1.29 is 46.5 Å². The van der Waals surface area contributed by atoms with Crippen LogP contribution in [0, 0.1) is 23.3 Å². The van der Waals surface area contributed by atoms with Crippen LogP contribution in [0.3, 0.4) is 0 Å². The number of nitrogens with zero attached hydrogens (tertiary/aromatic N) is 3. The van der Waals surface area contributed by atoms with Crippen molar-refractivity contribution in [1.29, 1.82) is 0 Å². The summed E-state index contributed by atoms with van der Waals surface area (Å²) in [6.45, 7) is 5.21. The Kier molecular flexibility index (Phi) is 7.91. The molecule has 0 saturated heterocycles. The van der Waals surface area contributed by atoms with E-state index in [9.17, 15) is 37.1 Å². The van der Waals surface area contributed by atoms with Gasteiger partial charge in [-0.1, -0.05) is 0 Å². The topological polar surface area (TPSA) is 106 Å². The fourth-order valence-electron chi connectivity index (χ4n) is 3.52. The minimum Gasteiger partial charge on any atom is -0.444 e. The van der Waals surface area contributed by atoms with Gasteiger partial charge in [-0.05, 0) is 32.9 Å². The summed E-state index contributed by atoms with van der Waals surface area (Å²) >= 11 is 0. The Morgan fingerprint density at radius 2 is 1.61 bits per heavy atom. The molecule has 3 rings (SSSR count). The van der Waals surface area contributed by atoms with Gasteiger partial charge in [0.05, 0.1) is 12.6 Å². The molecule has 2 amide bonds. The number of ether oxygens (including phenoxy) is 2. The Balaban J connectivity index is 1.80. The lowest BCUT2D eigenvalue weighted by atomic mass is 10.1. The normalized spacial score (nSPS) is 16.7. The van der Waals surface area contributed by atoms with Crippen LogP contribution in [0.2, 0.25) is 0 Å². The van der Waals surface area contributed by atoms with Crippen LogP contribution in [-0.4, -0.2) is 53.2 Å². The van der Waals surface area contributed by atoms with Gasteiger partial charge in [0.15, 0.2) is 29.0 Å². The van der Waals surface area contributed by atoms with Crippen LogP contribution in [0.25, 0.3) is 0 Å². The fraction of sp³-hybridized carbons (Fsp3) is 0.280. The predicted octanol–water partition coefficient (Wildman–Crippen LogP) is 5.59. The molecule has 0 aromatic heterocycles.